The van der Waals surface area contributed by atoms with Crippen LogP contribution in [0.15, 0.2) is 48.5 Å². The fourth-order valence-electron chi connectivity index (χ4n) is 4.40. The van der Waals surface area contributed by atoms with Crippen LogP contribution >= 0.6 is 0 Å². The van der Waals surface area contributed by atoms with Gasteiger partial charge in [0, 0.05) is 25.4 Å². The Bertz CT molecular complexity index is 978. The molecule has 2 atom stereocenters. The zero-order chi connectivity index (χ0) is 24.7. The molecule has 8 nitrogen and oxygen atoms in total. The van der Waals surface area contributed by atoms with E-state index < -0.39 is 24.0 Å². The molecule has 0 saturated heterocycles. The van der Waals surface area contributed by atoms with Crippen LogP contribution < -0.4 is 10.6 Å². The van der Waals surface area contributed by atoms with Gasteiger partial charge in [-0.05, 0) is 48.7 Å². The molecule has 2 amide bonds. The Labute approximate surface area is 200 Å². The van der Waals surface area contributed by atoms with E-state index >= 15 is 0 Å². The van der Waals surface area contributed by atoms with E-state index in [1.165, 1.54) is 0 Å². The molecular weight excluding hydrogens is 434 g/mol. The van der Waals surface area contributed by atoms with Crippen molar-refractivity contribution in [3.8, 4) is 11.1 Å². The van der Waals surface area contributed by atoms with Gasteiger partial charge in [0.2, 0.25) is 5.91 Å². The number of carbonyl (C=O) groups excluding carboxylic acids is 2. The summed E-state index contributed by atoms with van der Waals surface area (Å²) in [5, 5.41) is 14.4. The molecule has 3 N–H and O–H groups in total. The van der Waals surface area contributed by atoms with Gasteiger partial charge in [-0.1, -0.05) is 55.5 Å². The first-order valence-electron chi connectivity index (χ1n) is 11.5. The second-order valence-corrected chi connectivity index (χ2v) is 9.07. The number of carboxylic acids is 1. The highest BCUT2D eigenvalue weighted by Crippen LogP contribution is 2.44. The molecule has 8 heteroatoms. The largest absolute Gasteiger partial charge is 0.481 e. The Hall–Kier alpha value is -3.39. The van der Waals surface area contributed by atoms with Crippen LogP contribution in [0.4, 0.5) is 4.79 Å². The molecule has 34 heavy (non-hydrogen) atoms. The molecule has 0 aromatic heterocycles. The van der Waals surface area contributed by atoms with Crippen molar-refractivity contribution in [2.24, 2.45) is 5.92 Å². The van der Waals surface area contributed by atoms with Crippen LogP contribution in [0, 0.1) is 5.92 Å². The summed E-state index contributed by atoms with van der Waals surface area (Å²) in [4.78, 5) is 38.4. The van der Waals surface area contributed by atoms with Crippen molar-refractivity contribution in [1.29, 1.82) is 0 Å². The third-order valence-corrected chi connectivity index (χ3v) is 5.90. The first kappa shape index (κ1) is 25.2. The highest BCUT2D eigenvalue weighted by molar-refractivity contribution is 5.86. The van der Waals surface area contributed by atoms with Crippen LogP contribution in [0.1, 0.15) is 36.8 Å². The monoisotopic (exact) mass is 467 g/mol. The summed E-state index contributed by atoms with van der Waals surface area (Å²) < 4.78 is 5.52. The summed E-state index contributed by atoms with van der Waals surface area (Å²) in [5.41, 5.74) is 4.42. The van der Waals surface area contributed by atoms with E-state index in [2.05, 4.69) is 22.8 Å². The van der Waals surface area contributed by atoms with Crippen molar-refractivity contribution in [2.45, 2.75) is 31.7 Å². The SMILES string of the molecule is CC(CNC(=O)C(CCC(=O)O)NC(=O)OCC1c2ccccc2-c2ccccc21)CN(C)C. The Balaban J connectivity index is 1.61. The fourth-order valence-corrected chi connectivity index (χ4v) is 4.40. The number of carbonyl (C=O) groups is 3. The smallest absolute Gasteiger partial charge is 0.407 e. The Morgan fingerprint density at radius 2 is 1.62 bits per heavy atom. The van der Waals surface area contributed by atoms with Crippen LogP contribution in [0.2, 0.25) is 0 Å². The molecule has 2 unspecified atom stereocenters. The van der Waals surface area contributed by atoms with Gasteiger partial charge < -0.3 is 25.4 Å². The van der Waals surface area contributed by atoms with Crippen LogP contribution in [0.5, 0.6) is 0 Å². The number of carboxylic acid groups (broad SMARTS) is 1. The minimum atomic E-state index is -1.03. The van der Waals surface area contributed by atoms with Gasteiger partial charge in [0.25, 0.3) is 0 Å². The lowest BCUT2D eigenvalue weighted by Crippen LogP contribution is -2.48. The minimum absolute atomic E-state index is 0.0204. The zero-order valence-electron chi connectivity index (χ0n) is 19.9. The zero-order valence-corrected chi connectivity index (χ0v) is 19.9. The van der Waals surface area contributed by atoms with E-state index in [1.807, 2.05) is 62.3 Å². The standard InChI is InChI=1S/C26H33N3O5/c1-17(15-29(2)3)14-27-25(32)23(12-13-24(30)31)28-26(33)34-16-22-20-10-6-4-8-18(20)19-9-5-7-11-21(19)22/h4-11,17,22-23H,12-16H2,1-3H3,(H,27,32)(H,28,33)(H,30,31). The first-order chi connectivity index (χ1) is 16.3. The quantitative estimate of drug-likeness (QED) is 0.469. The maximum absolute atomic E-state index is 12.7. The van der Waals surface area contributed by atoms with Crippen molar-refractivity contribution in [3.05, 3.63) is 59.7 Å². The molecule has 0 saturated carbocycles. The number of nitrogens with one attached hydrogen (secondary N) is 2. The van der Waals surface area contributed by atoms with Gasteiger partial charge in [-0.25, -0.2) is 4.79 Å². The second kappa shape index (κ2) is 11.7. The predicted octanol–water partition coefficient (Wildman–Crippen LogP) is 3.07. The molecule has 0 spiro atoms. The number of benzene rings is 2. The maximum Gasteiger partial charge on any atom is 0.407 e. The lowest BCUT2D eigenvalue weighted by atomic mass is 9.98. The van der Waals surface area contributed by atoms with Crippen molar-refractivity contribution >= 4 is 18.0 Å². The molecule has 182 valence electrons. The molecule has 0 bridgehead atoms. The summed E-state index contributed by atoms with van der Waals surface area (Å²) in [6.45, 7) is 3.34. The summed E-state index contributed by atoms with van der Waals surface area (Å²) in [6.07, 6.45) is -1.00. The number of alkyl carbamates (subject to hydrolysis) is 1. The molecule has 0 fully saturated rings. The highest BCUT2D eigenvalue weighted by atomic mass is 16.5. The van der Waals surface area contributed by atoms with Crippen molar-refractivity contribution in [2.75, 3.05) is 33.8 Å². The van der Waals surface area contributed by atoms with E-state index in [1.54, 1.807) is 0 Å². The van der Waals surface area contributed by atoms with Crippen LogP contribution in [0.3, 0.4) is 0 Å². The van der Waals surface area contributed by atoms with Gasteiger partial charge in [-0.15, -0.1) is 0 Å². The summed E-state index contributed by atoms with van der Waals surface area (Å²) in [5.74, 6) is -1.35. The molecule has 2 aromatic rings. The van der Waals surface area contributed by atoms with Crippen LogP contribution in [-0.4, -0.2) is 67.8 Å². The van der Waals surface area contributed by atoms with Crippen LogP contribution in [0.25, 0.3) is 11.1 Å². The average Bonchev–Trinajstić information content (AvgIpc) is 3.12. The van der Waals surface area contributed by atoms with Crippen molar-refractivity contribution in [3.63, 3.8) is 0 Å². The van der Waals surface area contributed by atoms with Gasteiger partial charge in [0.05, 0.1) is 0 Å². The van der Waals surface area contributed by atoms with Crippen molar-refractivity contribution in [1.82, 2.24) is 15.5 Å². The Morgan fingerprint density at radius 1 is 1.03 bits per heavy atom. The second-order valence-electron chi connectivity index (χ2n) is 9.07. The molecule has 0 heterocycles. The summed E-state index contributed by atoms with van der Waals surface area (Å²) >= 11 is 0. The van der Waals surface area contributed by atoms with Gasteiger partial charge in [0.15, 0.2) is 0 Å². The lowest BCUT2D eigenvalue weighted by molar-refractivity contribution is -0.137. The fraction of sp³-hybridized carbons (Fsp3) is 0.423. The lowest BCUT2D eigenvalue weighted by Gasteiger charge is -2.21. The summed E-state index contributed by atoms with van der Waals surface area (Å²) in [7, 11) is 3.90. The summed E-state index contributed by atoms with van der Waals surface area (Å²) in [6, 6.07) is 15.1. The Kier molecular flexibility index (Phi) is 8.65. The third kappa shape index (κ3) is 6.57. The van der Waals surface area contributed by atoms with E-state index in [9.17, 15) is 14.4 Å². The normalized spacial score (nSPS) is 14.1. The third-order valence-electron chi connectivity index (χ3n) is 5.90. The molecule has 1 aliphatic carbocycles. The minimum Gasteiger partial charge on any atom is -0.481 e. The number of nitrogens with zero attached hydrogens (tertiary/aromatic N) is 1. The van der Waals surface area contributed by atoms with Gasteiger partial charge in [-0.3, -0.25) is 9.59 Å². The van der Waals surface area contributed by atoms with E-state index in [0.717, 1.165) is 28.8 Å². The topological polar surface area (TPSA) is 108 Å². The highest BCUT2D eigenvalue weighted by Gasteiger charge is 2.30. The van der Waals surface area contributed by atoms with Gasteiger partial charge in [-0.2, -0.15) is 0 Å². The van der Waals surface area contributed by atoms with E-state index in [0.29, 0.717) is 6.54 Å². The van der Waals surface area contributed by atoms with E-state index in [-0.39, 0.29) is 31.3 Å². The van der Waals surface area contributed by atoms with E-state index in [4.69, 9.17) is 9.84 Å². The predicted molar refractivity (Wildman–Crippen MR) is 130 cm³/mol. The molecule has 0 radical (unpaired) electrons. The number of rotatable bonds is 11. The van der Waals surface area contributed by atoms with Crippen LogP contribution in [-0.2, 0) is 14.3 Å². The molecule has 0 aliphatic heterocycles. The average molecular weight is 468 g/mol. The number of amides is 2. The Morgan fingerprint density at radius 3 is 2.18 bits per heavy atom. The number of fused-ring (bicyclic) bond motifs is 3. The number of hydrogen-bond donors (Lipinski definition) is 3. The van der Waals surface area contributed by atoms with Gasteiger partial charge in [0.1, 0.15) is 12.6 Å². The number of ether oxygens (including phenoxy) is 1. The maximum atomic E-state index is 12.7. The number of hydrogen-bond acceptors (Lipinski definition) is 5. The molecule has 1 aliphatic rings. The molecule has 2 aromatic carbocycles. The first-order valence-corrected chi connectivity index (χ1v) is 11.5. The number of aliphatic carboxylic acids is 1. The molecule has 3 rings (SSSR count). The van der Waals surface area contributed by atoms with Gasteiger partial charge >= 0.3 is 12.1 Å². The van der Waals surface area contributed by atoms with Crippen molar-refractivity contribution < 1.29 is 24.2 Å². The molecular formula is C26H33N3O5.